The number of aliphatic hydroxyl groups excluding tert-OH is 2. The second kappa shape index (κ2) is 27.2. The van der Waals surface area contributed by atoms with Gasteiger partial charge in [0.25, 0.3) is 0 Å². The molecule has 0 radical (unpaired) electrons. The maximum atomic E-state index is 9.63. The van der Waals surface area contributed by atoms with Crippen LogP contribution in [0.15, 0.2) is 250 Å². The molecular weight excluding hydrogens is 1140 g/mol. The molecule has 15 rings (SSSR count). The predicted octanol–water partition coefficient (Wildman–Crippen LogP) is 17.8. The van der Waals surface area contributed by atoms with Gasteiger partial charge in [-0.15, -0.1) is 0 Å². The number of phenols is 2. The highest BCUT2D eigenvalue weighted by Crippen LogP contribution is 2.38. The number of hydrogen-bond acceptors (Lipinski definition) is 10. The van der Waals surface area contributed by atoms with E-state index in [2.05, 4.69) is 138 Å². The van der Waals surface area contributed by atoms with Crippen LogP contribution in [0.25, 0.3) is 100 Å². The average Bonchev–Trinajstić information content (AvgIpc) is 1.74. The SMILES string of the molecule is Cc1cccc(-c2nc(CCc3c[nH]c4ccccc34)oc2-c2cccc(C)c2)c1.OCc1ccc(-c2nc(CCc3c[nH]c4ccccc34)oc2-c2ccc(CO)cc2)cc1.Oc1ccc(-c2nc(CCc3c[nH]c4ccccc34)oc2-c2ccc(O)cc2)cc1. The minimum Gasteiger partial charge on any atom is -0.508 e. The number of H-pyrrole nitrogens is 3. The second-order valence-electron chi connectivity index (χ2n) is 23.0. The Morgan fingerprint density at radius 3 is 1.04 bits per heavy atom. The van der Waals surface area contributed by atoms with Crippen molar-refractivity contribution in [2.75, 3.05) is 0 Å². The van der Waals surface area contributed by atoms with Crippen molar-refractivity contribution in [1.82, 2.24) is 29.9 Å². The molecule has 13 heteroatoms. The second-order valence-corrected chi connectivity index (χ2v) is 23.0. The standard InChI is InChI=1S/C27H24N2O3.C27H24N2O.C25H20N2O3/c30-16-18-5-9-20(10-6-18)26-27(21-11-7-19(17-31)8-12-21)32-25(29-26)14-13-22-15-28-24-4-2-1-3-23(22)24;1-18-7-5-9-20(15-18)26-27(21-10-6-8-19(2)16-21)30-25(29-26)14-13-22-17-28-24-12-4-3-11-23(22)24;28-19-10-5-16(6-11-19)24-25(17-7-12-20(29)13-8-17)30-23(27-24)14-9-18-15-26-22-4-2-1-3-21(18)22/h1-12,15,28,30-31H,13-14,16-17H2;3-12,15-17,28H,13-14H2,1-2H3;1-8,10-13,15,26,28-29H,9,14H2. The van der Waals surface area contributed by atoms with Gasteiger partial charge in [0.05, 0.1) is 13.2 Å². The number of aromatic nitrogens is 6. The van der Waals surface area contributed by atoms with E-state index in [-0.39, 0.29) is 24.7 Å². The fraction of sp³-hybridized carbons (Fsp3) is 0.127. The van der Waals surface area contributed by atoms with Gasteiger partial charge in [0.2, 0.25) is 0 Å². The van der Waals surface area contributed by atoms with Crippen molar-refractivity contribution in [3.63, 3.8) is 0 Å². The van der Waals surface area contributed by atoms with Crippen LogP contribution in [0.2, 0.25) is 0 Å². The number of aromatic amines is 3. The number of phenolic OH excluding ortho intramolecular Hbond substituents is 2. The molecule has 15 aromatic rings. The Hall–Kier alpha value is -11.3. The molecular formula is C79H68N6O7. The summed E-state index contributed by atoms with van der Waals surface area (Å²) in [5, 5.41) is 41.7. The van der Waals surface area contributed by atoms with E-state index in [9.17, 15) is 20.4 Å². The Labute approximate surface area is 532 Å². The van der Waals surface area contributed by atoms with Crippen molar-refractivity contribution in [2.24, 2.45) is 0 Å². The fourth-order valence-corrected chi connectivity index (χ4v) is 11.7. The van der Waals surface area contributed by atoms with Crippen LogP contribution in [0.4, 0.5) is 0 Å². The van der Waals surface area contributed by atoms with Crippen LogP contribution in [0.1, 0.15) is 56.6 Å². The third-order valence-corrected chi connectivity index (χ3v) is 16.5. The summed E-state index contributed by atoms with van der Waals surface area (Å²) in [6.45, 7) is 4.21. The molecule has 6 aromatic heterocycles. The third kappa shape index (κ3) is 13.5. The molecule has 13 nitrogen and oxygen atoms in total. The van der Waals surface area contributed by atoms with E-state index in [1.54, 1.807) is 24.3 Å². The van der Waals surface area contributed by atoms with Gasteiger partial charge in [0, 0.05) is 104 Å². The van der Waals surface area contributed by atoms with Crippen LogP contribution in [0.3, 0.4) is 0 Å². The molecule has 0 fully saturated rings. The van der Waals surface area contributed by atoms with Crippen LogP contribution in [-0.2, 0) is 51.7 Å². The molecule has 0 bridgehead atoms. The van der Waals surface area contributed by atoms with Crippen molar-refractivity contribution in [2.45, 2.75) is 65.6 Å². The average molecular weight is 1210 g/mol. The van der Waals surface area contributed by atoms with Gasteiger partial charge in [-0.1, -0.05) is 151 Å². The summed E-state index contributed by atoms with van der Waals surface area (Å²) in [5.41, 5.74) is 19.4. The summed E-state index contributed by atoms with van der Waals surface area (Å²) < 4.78 is 18.8. The number of nitrogens with one attached hydrogen (secondary N) is 3. The molecule has 0 unspecified atom stereocenters. The summed E-state index contributed by atoms with van der Waals surface area (Å²) in [4.78, 5) is 24.5. The predicted molar refractivity (Wildman–Crippen MR) is 364 cm³/mol. The molecule has 0 saturated heterocycles. The van der Waals surface area contributed by atoms with Crippen LogP contribution in [0.5, 0.6) is 11.5 Å². The van der Waals surface area contributed by atoms with E-state index in [0.29, 0.717) is 36.1 Å². The van der Waals surface area contributed by atoms with Gasteiger partial charge in [0.1, 0.15) is 28.6 Å². The van der Waals surface area contributed by atoms with Gasteiger partial charge in [-0.25, -0.2) is 15.0 Å². The van der Waals surface area contributed by atoms with E-state index in [0.717, 1.165) is 110 Å². The van der Waals surface area contributed by atoms with Gasteiger partial charge in [-0.3, -0.25) is 0 Å². The number of benzene rings is 9. The lowest BCUT2D eigenvalue weighted by Gasteiger charge is -2.04. The van der Waals surface area contributed by atoms with Crippen LogP contribution in [-0.4, -0.2) is 50.3 Å². The lowest BCUT2D eigenvalue weighted by molar-refractivity contribution is 0.281. The molecule has 9 aromatic carbocycles. The third-order valence-electron chi connectivity index (χ3n) is 16.5. The first-order valence-corrected chi connectivity index (χ1v) is 30.9. The van der Waals surface area contributed by atoms with Gasteiger partial charge < -0.3 is 48.6 Å². The van der Waals surface area contributed by atoms with Crippen molar-refractivity contribution in [3.05, 3.63) is 294 Å². The Balaban J connectivity index is 0.000000126. The van der Waals surface area contributed by atoms with Gasteiger partial charge in [0.15, 0.2) is 35.0 Å². The van der Waals surface area contributed by atoms with Crippen LogP contribution >= 0.6 is 0 Å². The first kappa shape index (κ1) is 59.7. The number of hydrogen-bond donors (Lipinski definition) is 7. The molecule has 0 amide bonds. The Morgan fingerprint density at radius 1 is 0.326 bits per heavy atom. The number of aromatic hydroxyl groups is 2. The highest BCUT2D eigenvalue weighted by molar-refractivity contribution is 5.85. The number of aliphatic hydroxyl groups is 2. The van der Waals surface area contributed by atoms with Crippen molar-refractivity contribution in [3.8, 4) is 79.2 Å². The molecule has 0 aliphatic carbocycles. The molecule has 7 N–H and O–H groups in total. The summed E-state index contributed by atoms with van der Waals surface area (Å²) in [6.07, 6.45) is 10.8. The number of oxazole rings is 3. The van der Waals surface area contributed by atoms with Crippen molar-refractivity contribution < 1.29 is 33.7 Å². The molecule has 0 aliphatic heterocycles. The molecule has 92 heavy (non-hydrogen) atoms. The first-order chi connectivity index (χ1) is 45.1. The number of para-hydroxylation sites is 3. The Kier molecular flexibility index (Phi) is 17.7. The lowest BCUT2D eigenvalue weighted by Crippen LogP contribution is -1.91. The highest BCUT2D eigenvalue weighted by Gasteiger charge is 2.22. The van der Waals surface area contributed by atoms with Crippen LogP contribution < -0.4 is 0 Å². The number of aryl methyl sites for hydroxylation is 8. The lowest BCUT2D eigenvalue weighted by atomic mass is 10.0. The van der Waals surface area contributed by atoms with E-state index in [1.807, 2.05) is 103 Å². The largest absolute Gasteiger partial charge is 0.508 e. The number of rotatable bonds is 17. The van der Waals surface area contributed by atoms with E-state index < -0.39 is 0 Å². The quantitative estimate of drug-likeness (QED) is 0.0459. The molecule has 456 valence electrons. The smallest absolute Gasteiger partial charge is 0.195 e. The zero-order chi connectivity index (χ0) is 62.9. The van der Waals surface area contributed by atoms with Gasteiger partial charge >= 0.3 is 0 Å². The molecule has 6 heterocycles. The Bertz CT molecular complexity index is 4760. The minimum absolute atomic E-state index is 0.00202. The molecule has 0 saturated carbocycles. The van der Waals surface area contributed by atoms with E-state index >= 15 is 0 Å². The zero-order valence-electron chi connectivity index (χ0n) is 51.0. The first-order valence-electron chi connectivity index (χ1n) is 30.9. The topological polar surface area (TPSA) is 206 Å². The highest BCUT2D eigenvalue weighted by atomic mass is 16.4. The normalized spacial score (nSPS) is 11.3. The Morgan fingerprint density at radius 2 is 0.652 bits per heavy atom. The monoisotopic (exact) mass is 1210 g/mol. The van der Waals surface area contributed by atoms with E-state index in [1.165, 1.54) is 49.5 Å². The molecule has 0 spiro atoms. The number of nitrogens with zero attached hydrogens (tertiary/aromatic N) is 3. The summed E-state index contributed by atoms with van der Waals surface area (Å²) in [5.74, 6) is 4.70. The summed E-state index contributed by atoms with van der Waals surface area (Å²) >= 11 is 0. The molecule has 0 aliphatic rings. The molecule has 0 atom stereocenters. The zero-order valence-corrected chi connectivity index (χ0v) is 51.0. The summed E-state index contributed by atoms with van der Waals surface area (Å²) in [6, 6.07) is 70.9. The maximum Gasteiger partial charge on any atom is 0.195 e. The summed E-state index contributed by atoms with van der Waals surface area (Å²) in [7, 11) is 0. The van der Waals surface area contributed by atoms with Gasteiger partial charge in [-0.05, 0) is 140 Å². The van der Waals surface area contributed by atoms with Gasteiger partial charge in [-0.2, -0.15) is 0 Å². The van der Waals surface area contributed by atoms with Crippen molar-refractivity contribution >= 4 is 32.7 Å². The minimum atomic E-state index is 0.00202. The number of fused-ring (bicyclic) bond motifs is 3. The maximum absolute atomic E-state index is 9.63. The van der Waals surface area contributed by atoms with E-state index in [4.69, 9.17) is 28.2 Å². The fourth-order valence-electron chi connectivity index (χ4n) is 11.7. The van der Waals surface area contributed by atoms with Crippen LogP contribution in [0, 0.1) is 13.8 Å². The van der Waals surface area contributed by atoms with Crippen molar-refractivity contribution in [1.29, 1.82) is 0 Å².